The van der Waals surface area contributed by atoms with E-state index < -0.39 is 0 Å². The van der Waals surface area contributed by atoms with Crippen LogP contribution in [0.2, 0.25) is 0 Å². The maximum Gasteiger partial charge on any atom is 0.0797 e. The summed E-state index contributed by atoms with van der Waals surface area (Å²) >= 11 is 0. The molecule has 2 N–H and O–H groups in total. The SMILES string of the molecule is O/C=C\c1ccc(CO)cc1. The number of benzene rings is 1. The van der Waals surface area contributed by atoms with Gasteiger partial charge in [0.25, 0.3) is 0 Å². The Morgan fingerprint density at radius 2 is 1.82 bits per heavy atom. The first-order chi connectivity index (χ1) is 5.36. The highest BCUT2D eigenvalue weighted by atomic mass is 16.3. The first kappa shape index (κ1) is 7.82. The van der Waals surface area contributed by atoms with Crippen molar-refractivity contribution in [2.75, 3.05) is 0 Å². The van der Waals surface area contributed by atoms with Crippen LogP contribution in [0.1, 0.15) is 11.1 Å². The fraction of sp³-hybridized carbons (Fsp3) is 0.111. The van der Waals surface area contributed by atoms with E-state index in [-0.39, 0.29) is 6.61 Å². The van der Waals surface area contributed by atoms with E-state index in [1.54, 1.807) is 6.08 Å². The molecule has 0 saturated carbocycles. The summed E-state index contributed by atoms with van der Waals surface area (Å²) in [6.45, 7) is 0.0587. The number of rotatable bonds is 2. The van der Waals surface area contributed by atoms with Gasteiger partial charge in [-0.15, -0.1) is 0 Å². The monoisotopic (exact) mass is 150 g/mol. The van der Waals surface area contributed by atoms with Crippen molar-refractivity contribution in [1.29, 1.82) is 0 Å². The van der Waals surface area contributed by atoms with E-state index in [0.717, 1.165) is 17.4 Å². The van der Waals surface area contributed by atoms with Crippen molar-refractivity contribution in [2.45, 2.75) is 6.61 Å². The number of hydrogen-bond acceptors (Lipinski definition) is 2. The zero-order chi connectivity index (χ0) is 8.10. The second-order valence-electron chi connectivity index (χ2n) is 2.22. The van der Waals surface area contributed by atoms with Crippen LogP contribution in [0.3, 0.4) is 0 Å². The van der Waals surface area contributed by atoms with Crippen LogP contribution in [-0.2, 0) is 6.61 Å². The van der Waals surface area contributed by atoms with Crippen molar-refractivity contribution in [3.8, 4) is 0 Å². The normalized spacial score (nSPS) is 10.6. The van der Waals surface area contributed by atoms with Crippen LogP contribution in [0.4, 0.5) is 0 Å². The van der Waals surface area contributed by atoms with E-state index in [1.807, 2.05) is 24.3 Å². The van der Waals surface area contributed by atoms with Crippen LogP contribution < -0.4 is 0 Å². The van der Waals surface area contributed by atoms with E-state index in [4.69, 9.17) is 10.2 Å². The lowest BCUT2D eigenvalue weighted by Crippen LogP contribution is -1.81. The second kappa shape index (κ2) is 3.78. The molecule has 0 bridgehead atoms. The highest BCUT2D eigenvalue weighted by Crippen LogP contribution is 2.05. The highest BCUT2D eigenvalue weighted by molar-refractivity contribution is 5.48. The van der Waals surface area contributed by atoms with Crippen molar-refractivity contribution >= 4 is 6.08 Å². The average molecular weight is 150 g/mol. The van der Waals surface area contributed by atoms with Crippen LogP contribution in [-0.4, -0.2) is 10.2 Å². The van der Waals surface area contributed by atoms with E-state index in [9.17, 15) is 0 Å². The summed E-state index contributed by atoms with van der Waals surface area (Å²) in [5, 5.41) is 17.1. The number of hydrogen-bond donors (Lipinski definition) is 2. The zero-order valence-electron chi connectivity index (χ0n) is 6.07. The molecule has 1 aromatic rings. The lowest BCUT2D eigenvalue weighted by Gasteiger charge is -1.95. The van der Waals surface area contributed by atoms with Crippen LogP contribution in [0, 0.1) is 0 Å². The van der Waals surface area contributed by atoms with E-state index >= 15 is 0 Å². The molecule has 2 nitrogen and oxygen atoms in total. The third kappa shape index (κ3) is 2.09. The minimum absolute atomic E-state index is 0.0587. The number of aliphatic hydroxyl groups excluding tert-OH is 2. The van der Waals surface area contributed by atoms with Crippen LogP contribution >= 0.6 is 0 Å². The molecule has 0 spiro atoms. The Morgan fingerprint density at radius 1 is 1.18 bits per heavy atom. The van der Waals surface area contributed by atoms with Crippen LogP contribution in [0.5, 0.6) is 0 Å². The minimum atomic E-state index is 0.0587. The molecule has 0 amide bonds. The molecule has 1 aromatic carbocycles. The van der Waals surface area contributed by atoms with Gasteiger partial charge in [0.2, 0.25) is 0 Å². The molecule has 1 rings (SSSR count). The van der Waals surface area contributed by atoms with Crippen molar-refractivity contribution in [2.24, 2.45) is 0 Å². The Morgan fingerprint density at radius 3 is 2.27 bits per heavy atom. The van der Waals surface area contributed by atoms with Crippen LogP contribution in [0.25, 0.3) is 6.08 Å². The van der Waals surface area contributed by atoms with Gasteiger partial charge in [-0.05, 0) is 17.2 Å². The maximum atomic E-state index is 8.69. The molecule has 0 atom stereocenters. The van der Waals surface area contributed by atoms with Gasteiger partial charge in [-0.2, -0.15) is 0 Å². The van der Waals surface area contributed by atoms with Gasteiger partial charge in [-0.3, -0.25) is 0 Å². The van der Waals surface area contributed by atoms with E-state index in [0.29, 0.717) is 0 Å². The molecule has 0 aliphatic heterocycles. The molecular weight excluding hydrogens is 140 g/mol. The summed E-state index contributed by atoms with van der Waals surface area (Å²) in [7, 11) is 0. The minimum Gasteiger partial charge on any atom is -0.516 e. The summed E-state index contributed by atoms with van der Waals surface area (Å²) in [5.41, 5.74) is 1.80. The van der Waals surface area contributed by atoms with Crippen molar-refractivity contribution in [3.63, 3.8) is 0 Å². The molecule has 58 valence electrons. The summed E-state index contributed by atoms with van der Waals surface area (Å²) in [6.07, 6.45) is 2.58. The van der Waals surface area contributed by atoms with Gasteiger partial charge in [0, 0.05) is 0 Å². The summed E-state index contributed by atoms with van der Waals surface area (Å²) in [6, 6.07) is 7.29. The number of aliphatic hydroxyl groups is 2. The summed E-state index contributed by atoms with van der Waals surface area (Å²) < 4.78 is 0. The standard InChI is InChI=1S/C9H10O2/c10-6-5-8-1-3-9(7-11)4-2-8/h1-6,10-11H,7H2/b6-5-. The van der Waals surface area contributed by atoms with Gasteiger partial charge in [-0.25, -0.2) is 0 Å². The summed E-state index contributed by atoms with van der Waals surface area (Å²) in [5.74, 6) is 0. The van der Waals surface area contributed by atoms with Gasteiger partial charge in [0.05, 0.1) is 12.9 Å². The van der Waals surface area contributed by atoms with Gasteiger partial charge in [0.15, 0.2) is 0 Å². The van der Waals surface area contributed by atoms with E-state index in [1.165, 1.54) is 0 Å². The maximum absolute atomic E-state index is 8.69. The predicted octanol–water partition coefficient (Wildman–Crippen LogP) is 1.71. The van der Waals surface area contributed by atoms with Gasteiger partial charge in [-0.1, -0.05) is 24.3 Å². The van der Waals surface area contributed by atoms with Gasteiger partial charge < -0.3 is 10.2 Å². The Bertz CT molecular complexity index is 236. The Labute approximate surface area is 65.4 Å². The smallest absolute Gasteiger partial charge is 0.0797 e. The van der Waals surface area contributed by atoms with Crippen molar-refractivity contribution in [1.82, 2.24) is 0 Å². The average Bonchev–Trinajstić information content (AvgIpc) is 2.07. The molecule has 0 aliphatic carbocycles. The Hall–Kier alpha value is -1.28. The zero-order valence-corrected chi connectivity index (χ0v) is 6.07. The molecule has 2 heteroatoms. The predicted molar refractivity (Wildman–Crippen MR) is 44.0 cm³/mol. The third-order valence-electron chi connectivity index (χ3n) is 1.43. The van der Waals surface area contributed by atoms with Crippen molar-refractivity contribution < 1.29 is 10.2 Å². The largest absolute Gasteiger partial charge is 0.516 e. The fourth-order valence-electron chi connectivity index (χ4n) is 0.820. The van der Waals surface area contributed by atoms with Crippen molar-refractivity contribution in [3.05, 3.63) is 41.7 Å². The highest BCUT2D eigenvalue weighted by Gasteiger charge is 1.88. The topological polar surface area (TPSA) is 40.5 Å². The molecule has 0 unspecified atom stereocenters. The Kier molecular flexibility index (Phi) is 2.69. The molecule has 0 fully saturated rings. The molecule has 0 heterocycles. The Balaban J connectivity index is 2.82. The molecule has 0 aliphatic rings. The van der Waals surface area contributed by atoms with Crippen LogP contribution in [0.15, 0.2) is 30.5 Å². The lowest BCUT2D eigenvalue weighted by molar-refractivity contribution is 0.282. The first-order valence-electron chi connectivity index (χ1n) is 3.37. The fourth-order valence-corrected chi connectivity index (χ4v) is 0.820. The first-order valence-corrected chi connectivity index (χ1v) is 3.37. The summed E-state index contributed by atoms with van der Waals surface area (Å²) in [4.78, 5) is 0. The van der Waals surface area contributed by atoms with E-state index in [2.05, 4.69) is 0 Å². The second-order valence-corrected chi connectivity index (χ2v) is 2.22. The molecule has 0 saturated heterocycles. The quantitative estimate of drug-likeness (QED) is 0.630. The lowest BCUT2D eigenvalue weighted by atomic mass is 10.1. The van der Waals surface area contributed by atoms with Gasteiger partial charge >= 0.3 is 0 Å². The molecule has 0 radical (unpaired) electrons. The van der Waals surface area contributed by atoms with Gasteiger partial charge in [0.1, 0.15) is 0 Å². The molecule has 11 heavy (non-hydrogen) atoms. The molecule has 0 aromatic heterocycles. The molecular formula is C9H10O2. The third-order valence-corrected chi connectivity index (χ3v) is 1.43.